The first-order valence-corrected chi connectivity index (χ1v) is 7.52. The monoisotopic (exact) mass is 296 g/mol. The van der Waals surface area contributed by atoms with Crippen LogP contribution < -0.4 is 10.6 Å². The highest BCUT2D eigenvalue weighted by atomic mass is 32.2. The minimum atomic E-state index is -0.624. The Labute approximate surface area is 123 Å². The van der Waals surface area contributed by atoms with Gasteiger partial charge in [-0.2, -0.15) is 0 Å². The van der Waals surface area contributed by atoms with E-state index in [9.17, 15) is 14.7 Å². The standard InChI is InChI=1S/C14H20N2O3S/c1-3-15-14(19)16-13(18)10(2)20-9-12(17)11-7-5-4-6-8-11/h4-8,10,12,17H,3,9H2,1-2H3,(H2,15,16,18,19)/t10-,12-/m0/s1. The predicted molar refractivity (Wildman–Crippen MR) is 80.5 cm³/mol. The van der Waals surface area contributed by atoms with E-state index in [0.717, 1.165) is 5.56 Å². The van der Waals surface area contributed by atoms with E-state index >= 15 is 0 Å². The summed E-state index contributed by atoms with van der Waals surface area (Å²) in [5.74, 6) is 0.0368. The highest BCUT2D eigenvalue weighted by Gasteiger charge is 2.18. The molecule has 3 amide bonds. The lowest BCUT2D eigenvalue weighted by Crippen LogP contribution is -2.42. The summed E-state index contributed by atoms with van der Waals surface area (Å²) in [6, 6.07) is 8.78. The SMILES string of the molecule is CCNC(=O)NC(=O)[C@H](C)SC[C@H](O)c1ccccc1. The zero-order valence-electron chi connectivity index (χ0n) is 11.6. The summed E-state index contributed by atoms with van der Waals surface area (Å²) in [6.07, 6.45) is -0.624. The molecule has 0 aromatic heterocycles. The van der Waals surface area contributed by atoms with Gasteiger partial charge in [-0.1, -0.05) is 30.3 Å². The maximum absolute atomic E-state index is 11.7. The van der Waals surface area contributed by atoms with Crippen molar-refractivity contribution in [2.45, 2.75) is 25.2 Å². The number of nitrogens with one attached hydrogen (secondary N) is 2. The van der Waals surface area contributed by atoms with Crippen molar-refractivity contribution in [3.63, 3.8) is 0 Å². The third kappa shape index (κ3) is 5.63. The molecule has 6 heteroatoms. The second-order valence-electron chi connectivity index (χ2n) is 4.25. The van der Waals surface area contributed by atoms with E-state index in [1.807, 2.05) is 30.3 Å². The van der Waals surface area contributed by atoms with Crippen LogP contribution in [0.3, 0.4) is 0 Å². The number of aliphatic hydroxyl groups excluding tert-OH is 1. The normalized spacial score (nSPS) is 13.3. The fourth-order valence-electron chi connectivity index (χ4n) is 1.50. The molecule has 1 rings (SSSR count). The van der Waals surface area contributed by atoms with Crippen LogP contribution in [0, 0.1) is 0 Å². The third-order valence-electron chi connectivity index (χ3n) is 2.63. The van der Waals surface area contributed by atoms with Crippen LogP contribution >= 0.6 is 11.8 Å². The quantitative estimate of drug-likeness (QED) is 0.746. The molecule has 0 bridgehead atoms. The molecule has 0 aliphatic carbocycles. The lowest BCUT2D eigenvalue weighted by molar-refractivity contribution is -0.119. The lowest BCUT2D eigenvalue weighted by atomic mass is 10.1. The van der Waals surface area contributed by atoms with Gasteiger partial charge in [0, 0.05) is 12.3 Å². The van der Waals surface area contributed by atoms with Gasteiger partial charge < -0.3 is 10.4 Å². The van der Waals surface area contributed by atoms with Crippen molar-refractivity contribution in [2.24, 2.45) is 0 Å². The molecule has 0 saturated heterocycles. The summed E-state index contributed by atoms with van der Waals surface area (Å²) in [4.78, 5) is 22.9. The van der Waals surface area contributed by atoms with Gasteiger partial charge in [0.2, 0.25) is 5.91 Å². The Morgan fingerprint density at radius 3 is 2.55 bits per heavy atom. The number of aliphatic hydroxyl groups is 1. The summed E-state index contributed by atoms with van der Waals surface area (Å²) >= 11 is 1.31. The molecule has 3 N–H and O–H groups in total. The molecule has 0 unspecified atom stereocenters. The Hall–Kier alpha value is -1.53. The second-order valence-corrected chi connectivity index (χ2v) is 5.62. The van der Waals surface area contributed by atoms with Crippen molar-refractivity contribution < 1.29 is 14.7 Å². The van der Waals surface area contributed by atoms with Crippen molar-refractivity contribution in [1.82, 2.24) is 10.6 Å². The molecule has 1 aromatic rings. The van der Waals surface area contributed by atoms with Gasteiger partial charge in [0.15, 0.2) is 0 Å². The number of hydrogen-bond donors (Lipinski definition) is 3. The molecular formula is C14H20N2O3S. The number of carbonyl (C=O) groups is 2. The number of imide groups is 1. The summed E-state index contributed by atoms with van der Waals surface area (Å²) in [5, 5.41) is 14.3. The lowest BCUT2D eigenvalue weighted by Gasteiger charge is -2.14. The number of urea groups is 1. The van der Waals surface area contributed by atoms with Crippen molar-refractivity contribution in [3.05, 3.63) is 35.9 Å². The number of hydrogen-bond acceptors (Lipinski definition) is 4. The largest absolute Gasteiger partial charge is 0.388 e. The van der Waals surface area contributed by atoms with E-state index in [1.165, 1.54) is 11.8 Å². The van der Waals surface area contributed by atoms with Gasteiger partial charge in [0.25, 0.3) is 0 Å². The Morgan fingerprint density at radius 1 is 1.30 bits per heavy atom. The molecule has 0 aliphatic heterocycles. The maximum Gasteiger partial charge on any atom is 0.321 e. The van der Waals surface area contributed by atoms with Crippen LogP contribution in [0.5, 0.6) is 0 Å². The number of amides is 3. The highest BCUT2D eigenvalue weighted by molar-refractivity contribution is 8.00. The Bertz CT molecular complexity index is 439. The first-order valence-electron chi connectivity index (χ1n) is 6.48. The summed E-state index contributed by atoms with van der Waals surface area (Å²) in [6.45, 7) is 3.95. The molecule has 20 heavy (non-hydrogen) atoms. The van der Waals surface area contributed by atoms with Crippen LogP contribution in [0.15, 0.2) is 30.3 Å². The van der Waals surface area contributed by atoms with Gasteiger partial charge in [-0.05, 0) is 19.4 Å². The van der Waals surface area contributed by atoms with Crippen LogP contribution in [0.2, 0.25) is 0 Å². The van der Waals surface area contributed by atoms with E-state index in [0.29, 0.717) is 12.3 Å². The van der Waals surface area contributed by atoms with E-state index < -0.39 is 17.4 Å². The molecule has 0 fully saturated rings. The maximum atomic E-state index is 11.7. The summed E-state index contributed by atoms with van der Waals surface area (Å²) in [5.41, 5.74) is 0.816. The Balaban J connectivity index is 2.37. The van der Waals surface area contributed by atoms with Gasteiger partial charge in [-0.25, -0.2) is 4.79 Å². The van der Waals surface area contributed by atoms with Gasteiger partial charge in [-0.15, -0.1) is 11.8 Å². The molecule has 1 aromatic carbocycles. The number of benzene rings is 1. The van der Waals surface area contributed by atoms with Gasteiger partial charge in [0.05, 0.1) is 11.4 Å². The molecule has 0 saturated carbocycles. The molecule has 2 atom stereocenters. The van der Waals surface area contributed by atoms with Crippen LogP contribution in [0.25, 0.3) is 0 Å². The molecule has 110 valence electrons. The van der Waals surface area contributed by atoms with E-state index in [4.69, 9.17) is 0 Å². The molecule has 0 spiro atoms. The summed E-state index contributed by atoms with van der Waals surface area (Å²) < 4.78 is 0. The zero-order valence-corrected chi connectivity index (χ0v) is 12.4. The first-order chi connectivity index (χ1) is 9.54. The minimum Gasteiger partial charge on any atom is -0.388 e. The second kappa shape index (κ2) is 8.60. The average molecular weight is 296 g/mol. The number of carbonyl (C=O) groups excluding carboxylic acids is 2. The number of rotatable bonds is 6. The fraction of sp³-hybridized carbons (Fsp3) is 0.429. The molecule has 0 radical (unpaired) electrons. The van der Waals surface area contributed by atoms with Crippen molar-refractivity contribution in [3.8, 4) is 0 Å². The average Bonchev–Trinajstić information content (AvgIpc) is 2.45. The Kier molecular flexibility index (Phi) is 7.11. The molecule has 5 nitrogen and oxygen atoms in total. The zero-order chi connectivity index (χ0) is 15.0. The molecule has 0 heterocycles. The van der Waals surface area contributed by atoms with Gasteiger partial charge in [-0.3, -0.25) is 10.1 Å². The Morgan fingerprint density at radius 2 is 1.95 bits per heavy atom. The van der Waals surface area contributed by atoms with Crippen LogP contribution in [-0.4, -0.2) is 34.6 Å². The van der Waals surface area contributed by atoms with Crippen LogP contribution in [0.1, 0.15) is 25.5 Å². The predicted octanol–water partition coefficient (Wildman–Crippen LogP) is 1.69. The van der Waals surface area contributed by atoms with Gasteiger partial charge in [0.1, 0.15) is 0 Å². The van der Waals surface area contributed by atoms with E-state index in [2.05, 4.69) is 10.6 Å². The highest BCUT2D eigenvalue weighted by Crippen LogP contribution is 2.21. The smallest absolute Gasteiger partial charge is 0.321 e. The summed E-state index contributed by atoms with van der Waals surface area (Å²) in [7, 11) is 0. The van der Waals surface area contributed by atoms with E-state index in [-0.39, 0.29) is 5.91 Å². The van der Waals surface area contributed by atoms with Gasteiger partial charge >= 0.3 is 6.03 Å². The topological polar surface area (TPSA) is 78.4 Å². The van der Waals surface area contributed by atoms with Crippen molar-refractivity contribution in [1.29, 1.82) is 0 Å². The molecular weight excluding hydrogens is 276 g/mol. The first kappa shape index (κ1) is 16.5. The minimum absolute atomic E-state index is 0.360. The van der Waals surface area contributed by atoms with Crippen LogP contribution in [0.4, 0.5) is 4.79 Å². The number of thioether (sulfide) groups is 1. The third-order valence-corrected chi connectivity index (χ3v) is 3.85. The van der Waals surface area contributed by atoms with Crippen molar-refractivity contribution >= 4 is 23.7 Å². The van der Waals surface area contributed by atoms with Crippen LogP contribution in [-0.2, 0) is 4.79 Å². The fourth-order valence-corrected chi connectivity index (χ4v) is 2.37. The van der Waals surface area contributed by atoms with Crippen molar-refractivity contribution in [2.75, 3.05) is 12.3 Å². The van der Waals surface area contributed by atoms with E-state index in [1.54, 1.807) is 13.8 Å². The molecule has 0 aliphatic rings.